The van der Waals surface area contributed by atoms with E-state index in [0.717, 1.165) is 6.29 Å². The average molecular weight is 157 g/mol. The Morgan fingerprint density at radius 2 is 2.09 bits per heavy atom. The zero-order valence-corrected chi connectivity index (χ0v) is 7.26. The number of rotatable bonds is 4. The van der Waals surface area contributed by atoms with E-state index in [0.29, 0.717) is 6.42 Å². The van der Waals surface area contributed by atoms with Gasteiger partial charge < -0.3 is 10.1 Å². The van der Waals surface area contributed by atoms with Gasteiger partial charge in [0.05, 0.1) is 0 Å². The van der Waals surface area contributed by atoms with Crippen LogP contribution in [0.5, 0.6) is 0 Å². The quantitative estimate of drug-likeness (QED) is 0.607. The van der Waals surface area contributed by atoms with Crippen molar-refractivity contribution in [2.75, 3.05) is 7.05 Å². The van der Waals surface area contributed by atoms with Crippen molar-refractivity contribution in [3.05, 3.63) is 0 Å². The van der Waals surface area contributed by atoms with Gasteiger partial charge in [-0.25, -0.2) is 0 Å². The van der Waals surface area contributed by atoms with E-state index in [4.69, 9.17) is 0 Å². The Balaban J connectivity index is 4.08. The van der Waals surface area contributed by atoms with E-state index in [9.17, 15) is 9.59 Å². The summed E-state index contributed by atoms with van der Waals surface area (Å²) >= 11 is 0. The number of amides is 1. The number of aldehydes is 1. The van der Waals surface area contributed by atoms with Crippen molar-refractivity contribution in [2.45, 2.75) is 20.3 Å². The van der Waals surface area contributed by atoms with Gasteiger partial charge in [-0.05, 0) is 5.92 Å². The molecule has 1 N–H and O–H groups in total. The Morgan fingerprint density at radius 3 is 2.36 bits per heavy atom. The van der Waals surface area contributed by atoms with Crippen LogP contribution in [-0.2, 0) is 9.59 Å². The summed E-state index contributed by atoms with van der Waals surface area (Å²) in [6.07, 6.45) is 1.11. The molecule has 0 aromatic heterocycles. The van der Waals surface area contributed by atoms with Crippen molar-refractivity contribution in [1.29, 1.82) is 0 Å². The summed E-state index contributed by atoms with van der Waals surface area (Å²) in [5.41, 5.74) is 0. The lowest BCUT2D eigenvalue weighted by molar-refractivity contribution is -0.127. The van der Waals surface area contributed by atoms with Gasteiger partial charge in [-0.3, -0.25) is 4.79 Å². The topological polar surface area (TPSA) is 46.2 Å². The lowest BCUT2D eigenvalue weighted by Gasteiger charge is -2.15. The second-order valence-corrected chi connectivity index (χ2v) is 2.87. The first-order chi connectivity index (χ1) is 5.13. The molecule has 0 aliphatic heterocycles. The molecule has 3 nitrogen and oxygen atoms in total. The zero-order valence-electron chi connectivity index (χ0n) is 7.26. The molecule has 0 aliphatic rings. The third kappa shape index (κ3) is 3.16. The molecule has 0 aromatic carbocycles. The summed E-state index contributed by atoms with van der Waals surface area (Å²) in [5, 5.41) is 2.53. The molecule has 3 heteroatoms. The van der Waals surface area contributed by atoms with Crippen LogP contribution in [-0.4, -0.2) is 19.2 Å². The fourth-order valence-corrected chi connectivity index (χ4v) is 0.971. The van der Waals surface area contributed by atoms with E-state index < -0.39 is 0 Å². The molecule has 0 saturated carbocycles. The fraction of sp³-hybridized carbons (Fsp3) is 0.750. The standard InChI is InChI=1S/C8H15NO2/c1-6(2)7(4-5-10)8(11)9-3/h5-7H,4H2,1-3H3,(H,9,11). The highest BCUT2D eigenvalue weighted by Crippen LogP contribution is 2.13. The number of nitrogens with one attached hydrogen (secondary N) is 1. The van der Waals surface area contributed by atoms with Crippen LogP contribution in [0.15, 0.2) is 0 Å². The Kier molecular flexibility index (Phi) is 4.50. The van der Waals surface area contributed by atoms with E-state index in [2.05, 4.69) is 5.32 Å². The van der Waals surface area contributed by atoms with Crippen molar-refractivity contribution in [1.82, 2.24) is 5.32 Å². The Hall–Kier alpha value is -0.860. The minimum absolute atomic E-state index is 0.0490. The molecule has 0 saturated heterocycles. The summed E-state index contributed by atoms with van der Waals surface area (Å²) in [6.45, 7) is 3.87. The van der Waals surface area contributed by atoms with Gasteiger partial charge in [0.2, 0.25) is 5.91 Å². The van der Waals surface area contributed by atoms with Crippen molar-refractivity contribution < 1.29 is 9.59 Å². The van der Waals surface area contributed by atoms with E-state index in [1.807, 2.05) is 13.8 Å². The van der Waals surface area contributed by atoms with Crippen LogP contribution in [0.4, 0.5) is 0 Å². The fourth-order valence-electron chi connectivity index (χ4n) is 0.971. The Labute approximate surface area is 67.2 Å². The maximum absolute atomic E-state index is 11.1. The van der Waals surface area contributed by atoms with E-state index in [1.165, 1.54) is 0 Å². The Morgan fingerprint density at radius 1 is 1.55 bits per heavy atom. The summed E-state index contributed by atoms with van der Waals surface area (Å²) in [7, 11) is 1.59. The monoisotopic (exact) mass is 157 g/mol. The Bertz CT molecular complexity index is 143. The van der Waals surface area contributed by atoms with Gasteiger partial charge in [0.25, 0.3) is 0 Å². The number of carbonyl (C=O) groups excluding carboxylic acids is 2. The zero-order chi connectivity index (χ0) is 8.85. The van der Waals surface area contributed by atoms with Gasteiger partial charge in [0, 0.05) is 19.4 Å². The minimum Gasteiger partial charge on any atom is -0.359 e. The summed E-state index contributed by atoms with van der Waals surface area (Å²) in [5.74, 6) is 0.00440. The molecule has 11 heavy (non-hydrogen) atoms. The van der Waals surface area contributed by atoms with Crippen LogP contribution in [0.25, 0.3) is 0 Å². The average Bonchev–Trinajstić information content (AvgIpc) is 1.98. The van der Waals surface area contributed by atoms with Gasteiger partial charge in [0.15, 0.2) is 0 Å². The molecule has 1 amide bonds. The second-order valence-electron chi connectivity index (χ2n) is 2.87. The highest BCUT2D eigenvalue weighted by Gasteiger charge is 2.19. The molecule has 0 fully saturated rings. The molecule has 1 unspecified atom stereocenters. The number of carbonyl (C=O) groups is 2. The van der Waals surface area contributed by atoms with Gasteiger partial charge >= 0.3 is 0 Å². The summed E-state index contributed by atoms with van der Waals surface area (Å²) in [6, 6.07) is 0. The summed E-state index contributed by atoms with van der Waals surface area (Å²) in [4.78, 5) is 21.2. The molecule has 1 atom stereocenters. The third-order valence-corrected chi connectivity index (χ3v) is 1.74. The van der Waals surface area contributed by atoms with Crippen LogP contribution in [0.1, 0.15) is 20.3 Å². The van der Waals surface area contributed by atoms with Crippen molar-refractivity contribution in [2.24, 2.45) is 11.8 Å². The SMILES string of the molecule is CNC(=O)C(CC=O)C(C)C. The van der Waals surface area contributed by atoms with E-state index >= 15 is 0 Å². The highest BCUT2D eigenvalue weighted by atomic mass is 16.2. The van der Waals surface area contributed by atoms with Gasteiger partial charge in [0.1, 0.15) is 6.29 Å². The molecule has 0 bridgehead atoms. The van der Waals surface area contributed by atoms with Crippen molar-refractivity contribution in [3.63, 3.8) is 0 Å². The molecule has 64 valence electrons. The van der Waals surface area contributed by atoms with Crippen LogP contribution in [0.2, 0.25) is 0 Å². The smallest absolute Gasteiger partial charge is 0.223 e. The molecule has 0 radical (unpaired) electrons. The maximum Gasteiger partial charge on any atom is 0.223 e. The second kappa shape index (κ2) is 4.88. The molecule has 0 heterocycles. The lowest BCUT2D eigenvalue weighted by atomic mass is 9.92. The first-order valence-corrected chi connectivity index (χ1v) is 3.78. The van der Waals surface area contributed by atoms with Crippen molar-refractivity contribution in [3.8, 4) is 0 Å². The lowest BCUT2D eigenvalue weighted by Crippen LogP contribution is -2.30. The van der Waals surface area contributed by atoms with Crippen LogP contribution in [0, 0.1) is 11.8 Å². The van der Waals surface area contributed by atoms with E-state index in [-0.39, 0.29) is 17.7 Å². The first-order valence-electron chi connectivity index (χ1n) is 3.78. The van der Waals surface area contributed by atoms with Crippen LogP contribution < -0.4 is 5.32 Å². The number of hydrogen-bond acceptors (Lipinski definition) is 2. The molecule has 0 aliphatic carbocycles. The highest BCUT2D eigenvalue weighted by molar-refractivity contribution is 5.80. The predicted molar refractivity (Wildman–Crippen MR) is 43.1 cm³/mol. The van der Waals surface area contributed by atoms with Gasteiger partial charge in [-0.15, -0.1) is 0 Å². The molecular formula is C8H15NO2. The van der Waals surface area contributed by atoms with Gasteiger partial charge in [-0.1, -0.05) is 13.8 Å². The maximum atomic E-state index is 11.1. The normalized spacial score (nSPS) is 12.7. The van der Waals surface area contributed by atoms with Crippen LogP contribution in [0.3, 0.4) is 0 Å². The van der Waals surface area contributed by atoms with Crippen LogP contribution >= 0.6 is 0 Å². The summed E-state index contributed by atoms with van der Waals surface area (Å²) < 4.78 is 0. The van der Waals surface area contributed by atoms with Gasteiger partial charge in [-0.2, -0.15) is 0 Å². The number of hydrogen-bond donors (Lipinski definition) is 1. The largest absolute Gasteiger partial charge is 0.359 e. The molecular weight excluding hydrogens is 142 g/mol. The van der Waals surface area contributed by atoms with Crippen molar-refractivity contribution >= 4 is 12.2 Å². The first kappa shape index (κ1) is 10.1. The minimum atomic E-state index is -0.169. The predicted octanol–water partition coefficient (Wildman–Crippen LogP) is 0.594. The molecule has 0 spiro atoms. The molecule has 0 rings (SSSR count). The molecule has 0 aromatic rings. The third-order valence-electron chi connectivity index (χ3n) is 1.74. The van der Waals surface area contributed by atoms with E-state index in [1.54, 1.807) is 7.05 Å².